The number of aryl methyl sites for hydroxylation is 2. The first-order valence-electron chi connectivity index (χ1n) is 10.3. The van der Waals surface area contributed by atoms with Gasteiger partial charge in [0.2, 0.25) is 5.91 Å². The molecule has 0 bridgehead atoms. The van der Waals surface area contributed by atoms with Gasteiger partial charge in [0, 0.05) is 24.6 Å². The van der Waals surface area contributed by atoms with E-state index in [4.69, 9.17) is 4.74 Å². The number of para-hydroxylation sites is 1. The molecule has 154 valence electrons. The molecule has 1 unspecified atom stereocenters. The van der Waals surface area contributed by atoms with E-state index in [9.17, 15) is 9.59 Å². The molecule has 1 heterocycles. The third-order valence-corrected chi connectivity index (χ3v) is 5.45. The maximum absolute atomic E-state index is 12.6. The Morgan fingerprint density at radius 1 is 1.03 bits per heavy atom. The molecule has 0 spiro atoms. The van der Waals surface area contributed by atoms with Crippen LogP contribution in [0.25, 0.3) is 0 Å². The predicted molar refractivity (Wildman–Crippen MR) is 114 cm³/mol. The number of carbonyl (C=O) groups is 2. The second kappa shape index (κ2) is 9.59. The second-order valence-corrected chi connectivity index (χ2v) is 7.87. The summed E-state index contributed by atoms with van der Waals surface area (Å²) in [5, 5.41) is 3.07. The van der Waals surface area contributed by atoms with E-state index in [-0.39, 0.29) is 23.8 Å². The van der Waals surface area contributed by atoms with Crippen LogP contribution in [0.15, 0.2) is 48.5 Å². The Balaban J connectivity index is 1.45. The van der Waals surface area contributed by atoms with Crippen LogP contribution in [0.2, 0.25) is 0 Å². The average Bonchev–Trinajstić information content (AvgIpc) is 2.73. The van der Waals surface area contributed by atoms with Crippen molar-refractivity contribution in [1.29, 1.82) is 0 Å². The number of amides is 2. The van der Waals surface area contributed by atoms with E-state index >= 15 is 0 Å². The van der Waals surface area contributed by atoms with Gasteiger partial charge in [0.25, 0.3) is 5.91 Å². The highest BCUT2D eigenvalue weighted by Gasteiger charge is 2.28. The van der Waals surface area contributed by atoms with Crippen LogP contribution < -0.4 is 10.1 Å². The molecule has 1 N–H and O–H groups in total. The van der Waals surface area contributed by atoms with Crippen molar-refractivity contribution in [3.63, 3.8) is 0 Å². The lowest BCUT2D eigenvalue weighted by molar-refractivity contribution is -0.127. The van der Waals surface area contributed by atoms with Crippen LogP contribution in [0, 0.1) is 19.8 Å². The molecule has 2 amide bonds. The maximum atomic E-state index is 12.6. The summed E-state index contributed by atoms with van der Waals surface area (Å²) < 4.78 is 5.95. The lowest BCUT2D eigenvalue weighted by Gasteiger charge is -2.32. The van der Waals surface area contributed by atoms with Gasteiger partial charge in [-0.2, -0.15) is 0 Å². The van der Waals surface area contributed by atoms with E-state index in [2.05, 4.69) is 5.32 Å². The molecule has 1 fully saturated rings. The van der Waals surface area contributed by atoms with Crippen molar-refractivity contribution >= 4 is 11.8 Å². The molecule has 0 aromatic heterocycles. The van der Waals surface area contributed by atoms with Crippen molar-refractivity contribution in [2.75, 3.05) is 19.7 Å². The minimum absolute atomic E-state index is 0.0415. The summed E-state index contributed by atoms with van der Waals surface area (Å²) >= 11 is 0. The van der Waals surface area contributed by atoms with Crippen LogP contribution in [0.4, 0.5) is 0 Å². The quantitative estimate of drug-likeness (QED) is 0.812. The monoisotopic (exact) mass is 394 g/mol. The number of piperidine rings is 1. The highest BCUT2D eigenvalue weighted by Crippen LogP contribution is 2.23. The molecule has 5 nitrogen and oxygen atoms in total. The molecule has 1 atom stereocenters. The van der Waals surface area contributed by atoms with Gasteiger partial charge in [-0.25, -0.2) is 0 Å². The Morgan fingerprint density at radius 3 is 2.28 bits per heavy atom. The third-order valence-electron chi connectivity index (χ3n) is 5.45. The Morgan fingerprint density at radius 2 is 1.66 bits per heavy atom. The topological polar surface area (TPSA) is 58.6 Å². The van der Waals surface area contributed by atoms with Crippen molar-refractivity contribution in [2.45, 2.75) is 39.7 Å². The number of carbonyl (C=O) groups excluding carboxylic acids is 2. The first-order valence-corrected chi connectivity index (χ1v) is 10.3. The number of benzene rings is 2. The van der Waals surface area contributed by atoms with Crippen molar-refractivity contribution in [3.8, 4) is 5.75 Å². The van der Waals surface area contributed by atoms with Gasteiger partial charge in [0.05, 0.1) is 6.04 Å². The van der Waals surface area contributed by atoms with Crippen LogP contribution in [0.5, 0.6) is 5.75 Å². The van der Waals surface area contributed by atoms with Crippen molar-refractivity contribution in [3.05, 3.63) is 65.2 Å². The smallest absolute Gasteiger partial charge is 0.253 e. The minimum atomic E-state index is -0.0783. The Kier molecular flexibility index (Phi) is 6.91. The lowest BCUT2D eigenvalue weighted by atomic mass is 9.95. The molecule has 2 aromatic carbocycles. The van der Waals surface area contributed by atoms with E-state index in [1.165, 1.54) is 0 Å². The van der Waals surface area contributed by atoms with Gasteiger partial charge < -0.3 is 15.0 Å². The fourth-order valence-corrected chi connectivity index (χ4v) is 3.75. The van der Waals surface area contributed by atoms with Crippen molar-refractivity contribution in [1.82, 2.24) is 10.2 Å². The third kappa shape index (κ3) is 5.37. The van der Waals surface area contributed by atoms with Crippen LogP contribution in [-0.2, 0) is 4.79 Å². The van der Waals surface area contributed by atoms with Gasteiger partial charge >= 0.3 is 0 Å². The zero-order chi connectivity index (χ0) is 20.8. The van der Waals surface area contributed by atoms with E-state index in [1.807, 2.05) is 74.2 Å². The molecule has 1 aliphatic rings. The average molecular weight is 395 g/mol. The molecular weight excluding hydrogens is 364 g/mol. The molecule has 0 aliphatic carbocycles. The van der Waals surface area contributed by atoms with Gasteiger partial charge in [-0.1, -0.05) is 36.4 Å². The number of hydrogen-bond acceptors (Lipinski definition) is 3. The fraction of sp³-hybridized carbons (Fsp3) is 0.417. The van der Waals surface area contributed by atoms with Crippen molar-refractivity contribution in [2.24, 2.45) is 5.92 Å². The van der Waals surface area contributed by atoms with E-state index in [0.29, 0.717) is 38.1 Å². The molecule has 3 rings (SSSR count). The van der Waals surface area contributed by atoms with E-state index < -0.39 is 0 Å². The number of nitrogens with one attached hydrogen (secondary N) is 1. The number of hydrogen-bond donors (Lipinski definition) is 1. The molecule has 0 radical (unpaired) electrons. The van der Waals surface area contributed by atoms with Gasteiger partial charge in [0.15, 0.2) is 0 Å². The number of likely N-dealkylation sites (tertiary alicyclic amines) is 1. The molecule has 1 aliphatic heterocycles. The van der Waals surface area contributed by atoms with Crippen LogP contribution in [0.3, 0.4) is 0 Å². The largest absolute Gasteiger partial charge is 0.491 e. The first kappa shape index (κ1) is 20.9. The Labute approximate surface area is 173 Å². The van der Waals surface area contributed by atoms with E-state index in [0.717, 1.165) is 16.9 Å². The summed E-state index contributed by atoms with van der Waals surface area (Å²) in [6, 6.07) is 15.3. The summed E-state index contributed by atoms with van der Waals surface area (Å²) in [5.74, 6) is 0.924. The first-order chi connectivity index (χ1) is 14.0. The molecule has 5 heteroatoms. The summed E-state index contributed by atoms with van der Waals surface area (Å²) in [6.07, 6.45) is 1.38. The Hall–Kier alpha value is -2.82. The fourth-order valence-electron chi connectivity index (χ4n) is 3.75. The molecule has 1 saturated heterocycles. The normalized spacial score (nSPS) is 15.6. The molecular formula is C24H30N2O3. The van der Waals surface area contributed by atoms with E-state index in [1.54, 1.807) is 0 Å². The number of ether oxygens (including phenoxy) is 1. The zero-order valence-corrected chi connectivity index (χ0v) is 17.5. The van der Waals surface area contributed by atoms with Gasteiger partial charge in [-0.3, -0.25) is 9.59 Å². The van der Waals surface area contributed by atoms with Gasteiger partial charge in [-0.05, 0) is 56.9 Å². The lowest BCUT2D eigenvalue weighted by Crippen LogP contribution is -2.46. The predicted octanol–water partition coefficient (Wildman–Crippen LogP) is 3.74. The SMILES string of the molecule is Cc1cccc(C)c1OCC(C)NC(=O)C1CCN(C(=O)c2ccccc2)CC1. The standard InChI is InChI=1S/C24H30N2O3/c1-17-8-7-9-18(2)22(17)29-16-19(3)25-23(27)20-12-14-26(15-13-20)24(28)21-10-5-4-6-11-21/h4-11,19-20H,12-16H2,1-3H3,(H,25,27). The highest BCUT2D eigenvalue weighted by molar-refractivity contribution is 5.94. The summed E-state index contributed by atoms with van der Waals surface area (Å²) in [6.45, 7) is 7.66. The van der Waals surface area contributed by atoms with Gasteiger partial charge in [0.1, 0.15) is 12.4 Å². The highest BCUT2D eigenvalue weighted by atomic mass is 16.5. The summed E-state index contributed by atoms with van der Waals surface area (Å²) in [4.78, 5) is 27.0. The van der Waals surface area contributed by atoms with Gasteiger partial charge in [-0.15, -0.1) is 0 Å². The van der Waals surface area contributed by atoms with Crippen LogP contribution in [-0.4, -0.2) is 42.5 Å². The summed E-state index contributed by atoms with van der Waals surface area (Å²) in [5.41, 5.74) is 2.89. The maximum Gasteiger partial charge on any atom is 0.253 e. The number of rotatable bonds is 6. The van der Waals surface area contributed by atoms with Crippen molar-refractivity contribution < 1.29 is 14.3 Å². The molecule has 0 saturated carbocycles. The summed E-state index contributed by atoms with van der Waals surface area (Å²) in [7, 11) is 0. The molecule has 2 aromatic rings. The molecule has 29 heavy (non-hydrogen) atoms. The van der Waals surface area contributed by atoms with Crippen LogP contribution in [0.1, 0.15) is 41.3 Å². The minimum Gasteiger partial charge on any atom is -0.491 e. The zero-order valence-electron chi connectivity index (χ0n) is 17.5. The van der Waals surface area contributed by atoms with Crippen LogP contribution >= 0.6 is 0 Å². The Bertz CT molecular complexity index is 822. The second-order valence-electron chi connectivity index (χ2n) is 7.87. The number of nitrogens with zero attached hydrogens (tertiary/aromatic N) is 1.